The molecule has 0 spiro atoms. The molecule has 1 atom stereocenters. The number of carbonyl (C=O) groups is 1. The van der Waals surface area contributed by atoms with Crippen LogP contribution < -0.4 is 0 Å². The van der Waals surface area contributed by atoms with Gasteiger partial charge < -0.3 is 14.4 Å². The van der Waals surface area contributed by atoms with Gasteiger partial charge in [-0.3, -0.25) is 4.79 Å². The van der Waals surface area contributed by atoms with E-state index in [0.717, 1.165) is 0 Å². The van der Waals surface area contributed by atoms with Crippen LogP contribution in [0.1, 0.15) is 24.2 Å². The minimum absolute atomic E-state index is 0.128. The van der Waals surface area contributed by atoms with Crippen LogP contribution in [0.3, 0.4) is 0 Å². The number of hydrogen-bond donors (Lipinski definition) is 1. The maximum atomic E-state index is 11.6. The van der Waals surface area contributed by atoms with Gasteiger partial charge in [0.1, 0.15) is 6.61 Å². The van der Waals surface area contributed by atoms with Crippen molar-refractivity contribution in [1.82, 2.24) is 10.1 Å². The van der Waals surface area contributed by atoms with Crippen LogP contribution in [0, 0.1) is 0 Å². The number of rotatable bonds is 6. The lowest BCUT2D eigenvalue weighted by molar-refractivity contribution is -0.143. The molecule has 106 valence electrons. The number of aromatic nitrogens is 2. The summed E-state index contributed by atoms with van der Waals surface area (Å²) in [6.07, 6.45) is 0.128. The minimum atomic E-state index is -1.11. The Balaban J connectivity index is 2.27. The van der Waals surface area contributed by atoms with Gasteiger partial charge in [-0.05, 0) is 12.5 Å². The van der Waals surface area contributed by atoms with Gasteiger partial charge in [-0.25, -0.2) is 0 Å². The third kappa shape index (κ3) is 2.85. The average molecular weight is 276 g/mol. The second kappa shape index (κ2) is 5.83. The third-order valence-corrected chi connectivity index (χ3v) is 3.17. The van der Waals surface area contributed by atoms with Crippen LogP contribution in [0.5, 0.6) is 0 Å². The van der Waals surface area contributed by atoms with Gasteiger partial charge >= 0.3 is 5.97 Å². The van der Waals surface area contributed by atoms with E-state index in [2.05, 4.69) is 10.1 Å². The highest BCUT2D eigenvalue weighted by molar-refractivity contribution is 5.81. The van der Waals surface area contributed by atoms with Gasteiger partial charge in [0.2, 0.25) is 5.89 Å². The molecule has 20 heavy (non-hydrogen) atoms. The zero-order valence-corrected chi connectivity index (χ0v) is 11.4. The van der Waals surface area contributed by atoms with Crippen molar-refractivity contribution in [3.63, 3.8) is 0 Å². The van der Waals surface area contributed by atoms with Crippen LogP contribution in [-0.2, 0) is 28.0 Å². The number of nitrogens with zero attached hydrogens (tertiary/aromatic N) is 2. The fourth-order valence-electron chi connectivity index (χ4n) is 1.96. The zero-order chi connectivity index (χ0) is 14.6. The molecule has 1 aromatic carbocycles. The van der Waals surface area contributed by atoms with E-state index in [-0.39, 0.29) is 18.9 Å². The molecule has 1 aromatic heterocycles. The zero-order valence-electron chi connectivity index (χ0n) is 11.4. The van der Waals surface area contributed by atoms with E-state index < -0.39 is 11.4 Å². The van der Waals surface area contributed by atoms with E-state index in [1.807, 2.05) is 6.07 Å². The van der Waals surface area contributed by atoms with Crippen molar-refractivity contribution in [2.24, 2.45) is 0 Å². The molecular formula is C14H16N2O4. The second-order valence-electron chi connectivity index (χ2n) is 4.72. The number of hydrogen-bond acceptors (Lipinski definition) is 5. The number of aliphatic carboxylic acids is 1. The fraction of sp³-hybridized carbons (Fsp3) is 0.357. The maximum Gasteiger partial charge on any atom is 0.314 e. The molecule has 0 saturated carbocycles. The number of benzene rings is 1. The van der Waals surface area contributed by atoms with E-state index in [9.17, 15) is 9.90 Å². The van der Waals surface area contributed by atoms with Crippen molar-refractivity contribution in [1.29, 1.82) is 0 Å². The monoisotopic (exact) mass is 276 g/mol. The summed E-state index contributed by atoms with van der Waals surface area (Å²) in [4.78, 5) is 15.8. The topological polar surface area (TPSA) is 85.5 Å². The van der Waals surface area contributed by atoms with Crippen LogP contribution in [0.15, 0.2) is 34.9 Å². The Hall–Kier alpha value is -2.21. The first-order chi connectivity index (χ1) is 9.56. The first-order valence-electron chi connectivity index (χ1n) is 6.15. The Morgan fingerprint density at radius 2 is 2.10 bits per heavy atom. The minimum Gasteiger partial charge on any atom is -0.481 e. The summed E-state index contributed by atoms with van der Waals surface area (Å²) in [5.74, 6) is -0.246. The molecule has 0 saturated heterocycles. The molecular weight excluding hydrogens is 260 g/mol. The number of methoxy groups -OCH3 is 1. The van der Waals surface area contributed by atoms with Crippen LogP contribution in [-0.4, -0.2) is 28.3 Å². The molecule has 0 aliphatic carbocycles. The summed E-state index contributed by atoms with van der Waals surface area (Å²) in [7, 11) is 1.53. The Morgan fingerprint density at radius 3 is 2.70 bits per heavy atom. The molecule has 6 heteroatoms. The van der Waals surface area contributed by atoms with E-state index in [4.69, 9.17) is 9.26 Å². The van der Waals surface area contributed by atoms with Gasteiger partial charge in [0, 0.05) is 13.5 Å². The van der Waals surface area contributed by atoms with Gasteiger partial charge in [0.25, 0.3) is 0 Å². The van der Waals surface area contributed by atoms with Gasteiger partial charge in [-0.1, -0.05) is 35.5 Å². The Morgan fingerprint density at radius 1 is 1.40 bits per heavy atom. The molecule has 2 aromatic rings. The second-order valence-corrected chi connectivity index (χ2v) is 4.72. The molecule has 2 rings (SSSR count). The number of carboxylic acids is 1. The van der Waals surface area contributed by atoms with Crippen LogP contribution in [0.2, 0.25) is 0 Å². The summed E-state index contributed by atoms with van der Waals surface area (Å²) in [6.45, 7) is 1.88. The molecule has 0 bridgehead atoms. The molecule has 0 fully saturated rings. The Labute approximate surface area is 116 Å². The lowest BCUT2D eigenvalue weighted by Gasteiger charge is -2.23. The third-order valence-electron chi connectivity index (χ3n) is 3.17. The predicted octanol–water partition coefficient (Wildman–Crippen LogP) is 1.80. The molecule has 0 aliphatic heterocycles. The highest BCUT2D eigenvalue weighted by Gasteiger charge is 2.37. The summed E-state index contributed by atoms with van der Waals surface area (Å²) in [5.41, 5.74) is -0.419. The molecule has 1 N–H and O–H groups in total. The number of ether oxygens (including phenoxy) is 1. The first-order valence-corrected chi connectivity index (χ1v) is 6.15. The predicted molar refractivity (Wildman–Crippen MR) is 70.1 cm³/mol. The average Bonchev–Trinajstić information content (AvgIpc) is 2.87. The number of carboxylic acid groups (broad SMARTS) is 1. The SMILES string of the molecule is COCc1noc(CC(C)(C(=O)O)c2ccccc2)n1. The summed E-state index contributed by atoms with van der Waals surface area (Å²) in [5, 5.41) is 13.3. The molecule has 0 aliphatic rings. The van der Waals surface area contributed by atoms with Crippen molar-refractivity contribution in [3.05, 3.63) is 47.6 Å². The van der Waals surface area contributed by atoms with Gasteiger partial charge in [0.05, 0.1) is 5.41 Å². The van der Waals surface area contributed by atoms with Gasteiger partial charge in [-0.15, -0.1) is 0 Å². The van der Waals surface area contributed by atoms with E-state index in [0.29, 0.717) is 11.4 Å². The Bertz CT molecular complexity index is 582. The van der Waals surface area contributed by atoms with Crippen molar-refractivity contribution in [2.75, 3.05) is 7.11 Å². The van der Waals surface area contributed by atoms with Crippen LogP contribution >= 0.6 is 0 Å². The lowest BCUT2D eigenvalue weighted by Crippen LogP contribution is -2.34. The molecule has 6 nitrogen and oxygen atoms in total. The highest BCUT2D eigenvalue weighted by Crippen LogP contribution is 2.28. The molecule has 0 radical (unpaired) electrons. The summed E-state index contributed by atoms with van der Waals surface area (Å²) in [6, 6.07) is 9.01. The van der Waals surface area contributed by atoms with Gasteiger partial charge in [-0.2, -0.15) is 4.98 Å². The van der Waals surface area contributed by atoms with E-state index in [1.54, 1.807) is 31.2 Å². The Kier molecular flexibility index (Phi) is 4.14. The summed E-state index contributed by atoms with van der Waals surface area (Å²) < 4.78 is 9.98. The quantitative estimate of drug-likeness (QED) is 0.865. The maximum absolute atomic E-state index is 11.6. The first kappa shape index (κ1) is 14.2. The van der Waals surface area contributed by atoms with Crippen molar-refractivity contribution in [3.8, 4) is 0 Å². The lowest BCUT2D eigenvalue weighted by atomic mass is 9.79. The smallest absolute Gasteiger partial charge is 0.314 e. The van der Waals surface area contributed by atoms with Crippen LogP contribution in [0.25, 0.3) is 0 Å². The fourth-order valence-corrected chi connectivity index (χ4v) is 1.96. The van der Waals surface area contributed by atoms with E-state index >= 15 is 0 Å². The largest absolute Gasteiger partial charge is 0.481 e. The summed E-state index contributed by atoms with van der Waals surface area (Å²) >= 11 is 0. The standard InChI is InChI=1S/C14H16N2O4/c1-14(13(17)18,10-6-4-3-5-7-10)8-12-15-11(9-19-2)16-20-12/h3-7H,8-9H2,1-2H3,(H,17,18). The van der Waals surface area contributed by atoms with Gasteiger partial charge in [0.15, 0.2) is 5.82 Å². The molecule has 0 amide bonds. The normalized spacial score (nSPS) is 13.9. The molecule has 1 heterocycles. The van der Waals surface area contributed by atoms with Crippen molar-refractivity contribution >= 4 is 5.97 Å². The van der Waals surface area contributed by atoms with Crippen molar-refractivity contribution in [2.45, 2.75) is 25.4 Å². The van der Waals surface area contributed by atoms with Crippen LogP contribution in [0.4, 0.5) is 0 Å². The molecule has 1 unspecified atom stereocenters. The van der Waals surface area contributed by atoms with Crippen molar-refractivity contribution < 1.29 is 19.2 Å². The van der Waals surface area contributed by atoms with E-state index in [1.165, 1.54) is 7.11 Å². The highest BCUT2D eigenvalue weighted by atomic mass is 16.5.